The van der Waals surface area contributed by atoms with E-state index in [0.29, 0.717) is 18.8 Å². The Labute approximate surface area is 189 Å². The van der Waals surface area contributed by atoms with Gasteiger partial charge < -0.3 is 15.0 Å². The molecule has 156 valence electrons. The minimum Gasteiger partial charge on any atom is -0.483 e. The van der Waals surface area contributed by atoms with Crippen molar-refractivity contribution in [1.82, 2.24) is 10.2 Å². The first-order chi connectivity index (χ1) is 13.8. The fourth-order valence-corrected chi connectivity index (χ4v) is 3.83. The van der Waals surface area contributed by atoms with E-state index < -0.39 is 6.04 Å². The molecule has 2 amide bonds. The van der Waals surface area contributed by atoms with E-state index in [0.717, 1.165) is 20.9 Å². The predicted octanol–water partition coefficient (Wildman–Crippen LogP) is 4.71. The zero-order chi connectivity index (χ0) is 21.4. The van der Waals surface area contributed by atoms with E-state index in [9.17, 15) is 9.59 Å². The molecule has 29 heavy (non-hydrogen) atoms. The molecule has 1 atom stereocenters. The van der Waals surface area contributed by atoms with Crippen LogP contribution in [0.5, 0.6) is 5.75 Å². The number of carbonyl (C=O) groups excluding carboxylic acids is 2. The third-order valence-electron chi connectivity index (χ3n) is 4.52. The van der Waals surface area contributed by atoms with Crippen LogP contribution in [0.3, 0.4) is 0 Å². The summed E-state index contributed by atoms with van der Waals surface area (Å²) in [6.45, 7) is 6.33. The van der Waals surface area contributed by atoms with Crippen LogP contribution in [-0.2, 0) is 22.6 Å². The number of nitrogens with zero attached hydrogens (tertiary/aromatic N) is 1. The van der Waals surface area contributed by atoms with Crippen molar-refractivity contribution in [3.05, 3.63) is 62.5 Å². The molecule has 7 heteroatoms. The summed E-state index contributed by atoms with van der Waals surface area (Å²) in [6, 6.07) is 12.9. The van der Waals surface area contributed by atoms with Crippen LogP contribution < -0.4 is 10.1 Å². The molecule has 0 aliphatic carbocycles. The number of amides is 2. The summed E-state index contributed by atoms with van der Waals surface area (Å²) < 4.78 is 7.48. The number of hydrogen-bond donors (Lipinski definition) is 1. The largest absolute Gasteiger partial charge is 0.483 e. The Morgan fingerprint density at radius 1 is 1.10 bits per heavy atom. The molecule has 0 bridgehead atoms. The van der Waals surface area contributed by atoms with Gasteiger partial charge in [-0.1, -0.05) is 41.1 Å². The van der Waals surface area contributed by atoms with Crippen LogP contribution in [0.2, 0.25) is 0 Å². The van der Waals surface area contributed by atoms with Gasteiger partial charge in [-0.2, -0.15) is 0 Å². The normalized spacial score (nSPS) is 11.6. The van der Waals surface area contributed by atoms with Crippen molar-refractivity contribution in [2.24, 2.45) is 0 Å². The van der Waals surface area contributed by atoms with Gasteiger partial charge in [0.2, 0.25) is 5.91 Å². The zero-order valence-electron chi connectivity index (χ0n) is 16.9. The Morgan fingerprint density at radius 2 is 1.86 bits per heavy atom. The topological polar surface area (TPSA) is 58.6 Å². The SMILES string of the molecule is CCNC(=O)[C@H](C)N(Cc1cccc(Br)c1)C(=O)COc1ccc(CC)cc1Br. The van der Waals surface area contributed by atoms with E-state index >= 15 is 0 Å². The second kappa shape index (κ2) is 11.4. The maximum absolute atomic E-state index is 13.0. The number of ether oxygens (including phenoxy) is 1. The van der Waals surface area contributed by atoms with Gasteiger partial charge >= 0.3 is 0 Å². The molecular weight excluding hydrogens is 500 g/mol. The second-order valence-electron chi connectivity index (χ2n) is 6.63. The molecule has 0 unspecified atom stereocenters. The van der Waals surface area contributed by atoms with E-state index in [4.69, 9.17) is 4.74 Å². The molecule has 0 heterocycles. The highest BCUT2D eigenvalue weighted by Crippen LogP contribution is 2.26. The minimum atomic E-state index is -0.615. The van der Waals surface area contributed by atoms with Gasteiger partial charge in [-0.05, 0) is 71.6 Å². The molecule has 0 aliphatic rings. The number of carbonyl (C=O) groups is 2. The molecule has 0 radical (unpaired) electrons. The highest BCUT2D eigenvalue weighted by molar-refractivity contribution is 9.10. The summed E-state index contributed by atoms with van der Waals surface area (Å²) in [5.41, 5.74) is 2.11. The van der Waals surface area contributed by atoms with Crippen molar-refractivity contribution in [2.75, 3.05) is 13.2 Å². The average molecular weight is 526 g/mol. The van der Waals surface area contributed by atoms with E-state index in [1.807, 2.05) is 49.4 Å². The number of hydrogen-bond acceptors (Lipinski definition) is 3. The lowest BCUT2D eigenvalue weighted by molar-refractivity contribution is -0.142. The molecule has 0 spiro atoms. The van der Waals surface area contributed by atoms with Gasteiger partial charge in [0.1, 0.15) is 11.8 Å². The first-order valence-electron chi connectivity index (χ1n) is 9.58. The van der Waals surface area contributed by atoms with Crippen molar-refractivity contribution in [1.29, 1.82) is 0 Å². The number of likely N-dealkylation sites (N-methyl/N-ethyl adjacent to an activating group) is 1. The quantitative estimate of drug-likeness (QED) is 0.516. The van der Waals surface area contributed by atoms with Gasteiger partial charge in [0.05, 0.1) is 4.47 Å². The highest BCUT2D eigenvalue weighted by atomic mass is 79.9. The Hall–Kier alpha value is -1.86. The van der Waals surface area contributed by atoms with Crippen molar-refractivity contribution in [2.45, 2.75) is 39.8 Å². The molecule has 0 fully saturated rings. The van der Waals surface area contributed by atoms with Crippen LogP contribution in [-0.4, -0.2) is 35.9 Å². The smallest absolute Gasteiger partial charge is 0.261 e. The summed E-state index contributed by atoms with van der Waals surface area (Å²) in [5, 5.41) is 2.78. The van der Waals surface area contributed by atoms with Gasteiger partial charge in [-0.15, -0.1) is 0 Å². The summed E-state index contributed by atoms with van der Waals surface area (Å²) in [5.74, 6) is 0.156. The number of halogens is 2. The lowest BCUT2D eigenvalue weighted by Crippen LogP contribution is -2.49. The second-order valence-corrected chi connectivity index (χ2v) is 8.40. The fourth-order valence-electron chi connectivity index (χ4n) is 2.84. The van der Waals surface area contributed by atoms with Crippen molar-refractivity contribution in [3.8, 4) is 5.75 Å². The molecule has 2 rings (SSSR count). The van der Waals surface area contributed by atoms with E-state index in [1.165, 1.54) is 5.56 Å². The maximum Gasteiger partial charge on any atom is 0.261 e. The van der Waals surface area contributed by atoms with Gasteiger partial charge in [0, 0.05) is 17.6 Å². The van der Waals surface area contributed by atoms with Gasteiger partial charge in [-0.25, -0.2) is 0 Å². The molecule has 2 aromatic rings. The van der Waals surface area contributed by atoms with Crippen LogP contribution in [0.25, 0.3) is 0 Å². The van der Waals surface area contributed by atoms with Crippen LogP contribution in [0.1, 0.15) is 31.9 Å². The monoisotopic (exact) mass is 524 g/mol. The third-order valence-corrected chi connectivity index (χ3v) is 5.63. The maximum atomic E-state index is 13.0. The summed E-state index contributed by atoms with van der Waals surface area (Å²) >= 11 is 6.94. The van der Waals surface area contributed by atoms with Gasteiger partial charge in [-0.3, -0.25) is 9.59 Å². The van der Waals surface area contributed by atoms with E-state index in [-0.39, 0.29) is 18.4 Å². The van der Waals surface area contributed by atoms with Crippen LogP contribution in [0.4, 0.5) is 0 Å². The Balaban J connectivity index is 2.15. The standard InChI is InChI=1S/C22H26Br2N2O3/c1-4-16-9-10-20(19(24)12-16)29-14-21(27)26(15(3)22(28)25-5-2)13-17-7-6-8-18(23)11-17/h6-12,15H,4-5,13-14H2,1-3H3,(H,25,28)/t15-/m0/s1. The van der Waals surface area contributed by atoms with Crippen molar-refractivity contribution >= 4 is 43.7 Å². The Bertz CT molecular complexity index is 858. The molecule has 0 saturated heterocycles. The summed E-state index contributed by atoms with van der Waals surface area (Å²) in [6.07, 6.45) is 0.919. The first kappa shape index (κ1) is 23.4. The zero-order valence-corrected chi connectivity index (χ0v) is 20.0. The van der Waals surface area contributed by atoms with Crippen molar-refractivity contribution < 1.29 is 14.3 Å². The summed E-state index contributed by atoms with van der Waals surface area (Å²) in [4.78, 5) is 26.9. The van der Waals surface area contributed by atoms with Crippen LogP contribution >= 0.6 is 31.9 Å². The molecule has 0 aliphatic heterocycles. The lowest BCUT2D eigenvalue weighted by Gasteiger charge is -2.28. The fraction of sp³-hybridized carbons (Fsp3) is 0.364. The van der Waals surface area contributed by atoms with Crippen LogP contribution in [0, 0.1) is 0 Å². The number of rotatable bonds is 9. The summed E-state index contributed by atoms with van der Waals surface area (Å²) in [7, 11) is 0. The van der Waals surface area contributed by atoms with E-state index in [1.54, 1.807) is 11.8 Å². The molecule has 5 nitrogen and oxygen atoms in total. The number of aryl methyl sites for hydroxylation is 1. The van der Waals surface area contributed by atoms with Crippen LogP contribution in [0.15, 0.2) is 51.4 Å². The van der Waals surface area contributed by atoms with Gasteiger partial charge in [0.25, 0.3) is 5.91 Å². The molecule has 0 aromatic heterocycles. The minimum absolute atomic E-state index is 0.151. The average Bonchev–Trinajstić information content (AvgIpc) is 2.70. The highest BCUT2D eigenvalue weighted by Gasteiger charge is 2.26. The predicted molar refractivity (Wildman–Crippen MR) is 122 cm³/mol. The molecule has 0 saturated carbocycles. The third kappa shape index (κ3) is 6.85. The Kier molecular flexibility index (Phi) is 9.17. The molecular formula is C22H26Br2N2O3. The van der Waals surface area contributed by atoms with Gasteiger partial charge in [0.15, 0.2) is 6.61 Å². The molecule has 2 aromatic carbocycles. The Morgan fingerprint density at radius 3 is 2.48 bits per heavy atom. The molecule has 1 N–H and O–H groups in total. The van der Waals surface area contributed by atoms with Crippen molar-refractivity contribution in [3.63, 3.8) is 0 Å². The lowest BCUT2D eigenvalue weighted by atomic mass is 10.1. The number of nitrogens with one attached hydrogen (secondary N) is 1. The number of benzene rings is 2. The first-order valence-corrected chi connectivity index (χ1v) is 11.2. The van der Waals surface area contributed by atoms with E-state index in [2.05, 4.69) is 44.1 Å².